The van der Waals surface area contributed by atoms with E-state index in [1.54, 1.807) is 48.3 Å². The average Bonchev–Trinajstić information content (AvgIpc) is 3.05. The Hall–Kier alpha value is -2.60. The van der Waals surface area contributed by atoms with Gasteiger partial charge in [0, 0.05) is 48.7 Å². The Bertz CT molecular complexity index is 743. The lowest BCUT2D eigenvalue weighted by Crippen LogP contribution is -2.25. The van der Waals surface area contributed by atoms with Crippen molar-refractivity contribution in [1.82, 2.24) is 20.3 Å². The van der Waals surface area contributed by atoms with E-state index in [0.29, 0.717) is 18.5 Å². The molecule has 3 heterocycles. The molecule has 1 amide bonds. The van der Waals surface area contributed by atoms with Gasteiger partial charge in [-0.3, -0.25) is 14.8 Å². The topological polar surface area (TPSA) is 67.8 Å². The van der Waals surface area contributed by atoms with Crippen molar-refractivity contribution < 1.29 is 4.79 Å². The molecule has 3 aromatic rings. The Morgan fingerprint density at radius 1 is 1.14 bits per heavy atom. The van der Waals surface area contributed by atoms with Crippen molar-refractivity contribution in [3.05, 3.63) is 65.7 Å². The van der Waals surface area contributed by atoms with Gasteiger partial charge in [0.05, 0.1) is 11.3 Å². The van der Waals surface area contributed by atoms with Gasteiger partial charge in [0.25, 0.3) is 5.91 Å². The van der Waals surface area contributed by atoms with Crippen LogP contribution in [0.2, 0.25) is 0 Å². The molecule has 0 aromatic carbocycles. The number of hydrogen-bond acceptors (Lipinski definition) is 5. The summed E-state index contributed by atoms with van der Waals surface area (Å²) < 4.78 is 0. The molecule has 0 fully saturated rings. The molecule has 0 saturated carbocycles. The molecule has 3 rings (SSSR count). The number of rotatable bonds is 5. The van der Waals surface area contributed by atoms with Gasteiger partial charge in [-0.15, -0.1) is 11.3 Å². The molecule has 6 heteroatoms. The molecule has 5 nitrogen and oxygen atoms in total. The summed E-state index contributed by atoms with van der Waals surface area (Å²) in [6.45, 7) is 0.549. The second kappa shape index (κ2) is 6.91. The monoisotopic (exact) mass is 310 g/mol. The number of thiazole rings is 1. The minimum atomic E-state index is -0.113. The summed E-state index contributed by atoms with van der Waals surface area (Å²) in [4.78, 5) is 24.4. The fraction of sp³-hybridized carbons (Fsp3) is 0.125. The smallest absolute Gasteiger partial charge is 0.252 e. The Kier molecular flexibility index (Phi) is 4.50. The second-order valence-electron chi connectivity index (χ2n) is 4.63. The maximum atomic E-state index is 11.9. The van der Waals surface area contributed by atoms with Crippen molar-refractivity contribution in [2.45, 2.75) is 6.42 Å². The van der Waals surface area contributed by atoms with Crippen LogP contribution in [0.5, 0.6) is 0 Å². The first-order valence-electron chi connectivity index (χ1n) is 6.86. The first-order chi connectivity index (χ1) is 10.8. The number of carbonyl (C=O) groups excluding carboxylic acids is 1. The maximum Gasteiger partial charge on any atom is 0.252 e. The highest BCUT2D eigenvalue weighted by Gasteiger charge is 2.07. The first-order valence-corrected chi connectivity index (χ1v) is 7.74. The molecule has 110 valence electrons. The normalized spacial score (nSPS) is 10.4. The summed E-state index contributed by atoms with van der Waals surface area (Å²) in [5.41, 5.74) is 2.60. The van der Waals surface area contributed by atoms with Crippen LogP contribution in [-0.4, -0.2) is 27.4 Å². The highest BCUT2D eigenvalue weighted by atomic mass is 32.1. The van der Waals surface area contributed by atoms with Gasteiger partial charge in [0.15, 0.2) is 0 Å². The van der Waals surface area contributed by atoms with Crippen LogP contribution in [0, 0.1) is 0 Å². The van der Waals surface area contributed by atoms with Crippen LogP contribution < -0.4 is 5.32 Å². The molecule has 0 unspecified atom stereocenters. The zero-order valence-corrected chi connectivity index (χ0v) is 12.6. The third-order valence-corrected chi connectivity index (χ3v) is 4.01. The fourth-order valence-corrected chi connectivity index (χ4v) is 2.81. The highest BCUT2D eigenvalue weighted by molar-refractivity contribution is 7.13. The number of nitrogens with zero attached hydrogens (tertiary/aromatic N) is 3. The van der Waals surface area contributed by atoms with Gasteiger partial charge in [-0.25, -0.2) is 4.98 Å². The van der Waals surface area contributed by atoms with E-state index in [1.807, 2.05) is 17.5 Å². The van der Waals surface area contributed by atoms with E-state index in [4.69, 9.17) is 0 Å². The van der Waals surface area contributed by atoms with E-state index in [9.17, 15) is 4.79 Å². The molecule has 0 saturated heterocycles. The van der Waals surface area contributed by atoms with E-state index in [1.165, 1.54) is 0 Å². The molecular formula is C16H14N4OS. The van der Waals surface area contributed by atoms with E-state index >= 15 is 0 Å². The fourth-order valence-electron chi connectivity index (χ4n) is 1.95. The quantitative estimate of drug-likeness (QED) is 0.786. The molecule has 0 bridgehead atoms. The van der Waals surface area contributed by atoms with Gasteiger partial charge in [0.1, 0.15) is 5.01 Å². The lowest BCUT2D eigenvalue weighted by molar-refractivity contribution is 0.0953. The van der Waals surface area contributed by atoms with Gasteiger partial charge in [-0.1, -0.05) is 0 Å². The Morgan fingerprint density at radius 3 is 2.77 bits per heavy atom. The second-order valence-corrected chi connectivity index (χ2v) is 5.49. The van der Waals surface area contributed by atoms with Crippen LogP contribution in [0.1, 0.15) is 16.1 Å². The molecule has 0 radical (unpaired) electrons. The van der Waals surface area contributed by atoms with Crippen LogP contribution in [0.25, 0.3) is 10.6 Å². The Labute approximate surface area is 132 Å². The molecule has 0 atom stereocenters. The van der Waals surface area contributed by atoms with Crippen LogP contribution in [0.4, 0.5) is 0 Å². The summed E-state index contributed by atoms with van der Waals surface area (Å²) in [7, 11) is 0. The number of pyridine rings is 2. The molecule has 1 N–H and O–H groups in total. The number of hydrogen-bond donors (Lipinski definition) is 1. The SMILES string of the molecule is O=C(NCCc1csc(-c2ccncc2)n1)c1cccnc1. The number of aromatic nitrogens is 3. The number of amides is 1. The van der Waals surface area contributed by atoms with Gasteiger partial charge in [-0.05, 0) is 24.3 Å². The van der Waals surface area contributed by atoms with Crippen LogP contribution in [0.3, 0.4) is 0 Å². The van der Waals surface area contributed by atoms with Crippen molar-refractivity contribution in [2.24, 2.45) is 0 Å². The van der Waals surface area contributed by atoms with E-state index in [0.717, 1.165) is 16.3 Å². The third kappa shape index (κ3) is 3.53. The zero-order chi connectivity index (χ0) is 15.2. The first kappa shape index (κ1) is 14.3. The summed E-state index contributed by atoms with van der Waals surface area (Å²) in [6, 6.07) is 7.36. The number of nitrogens with one attached hydrogen (secondary N) is 1. The lowest BCUT2D eigenvalue weighted by Gasteiger charge is -2.03. The third-order valence-electron chi connectivity index (χ3n) is 3.07. The van der Waals surface area contributed by atoms with Crippen molar-refractivity contribution >= 4 is 17.2 Å². The summed E-state index contributed by atoms with van der Waals surface area (Å²) >= 11 is 1.60. The molecule has 0 aliphatic rings. The highest BCUT2D eigenvalue weighted by Crippen LogP contribution is 2.22. The summed E-state index contributed by atoms with van der Waals surface area (Å²) in [5, 5.41) is 5.86. The molecule has 22 heavy (non-hydrogen) atoms. The van der Waals surface area contributed by atoms with Gasteiger partial charge < -0.3 is 5.32 Å². The molecular weight excluding hydrogens is 296 g/mol. The Balaban J connectivity index is 1.55. The molecule has 0 spiro atoms. The van der Waals surface area contributed by atoms with Crippen LogP contribution in [0.15, 0.2) is 54.4 Å². The van der Waals surface area contributed by atoms with Crippen molar-refractivity contribution in [2.75, 3.05) is 6.54 Å². The van der Waals surface area contributed by atoms with Gasteiger partial charge in [-0.2, -0.15) is 0 Å². The minimum absolute atomic E-state index is 0.113. The van der Waals surface area contributed by atoms with Gasteiger partial charge >= 0.3 is 0 Å². The van der Waals surface area contributed by atoms with E-state index in [-0.39, 0.29) is 5.91 Å². The van der Waals surface area contributed by atoms with Gasteiger partial charge in [0.2, 0.25) is 0 Å². The zero-order valence-electron chi connectivity index (χ0n) is 11.8. The predicted molar refractivity (Wildman–Crippen MR) is 85.6 cm³/mol. The lowest BCUT2D eigenvalue weighted by atomic mass is 10.2. The predicted octanol–water partition coefficient (Wildman–Crippen LogP) is 2.57. The standard InChI is InChI=1S/C16H14N4OS/c21-15(13-2-1-6-18-10-13)19-9-5-14-11-22-16(20-14)12-3-7-17-8-4-12/h1-4,6-8,10-11H,5,9H2,(H,19,21). The van der Waals surface area contributed by atoms with E-state index < -0.39 is 0 Å². The van der Waals surface area contributed by atoms with Crippen molar-refractivity contribution in [3.8, 4) is 10.6 Å². The average molecular weight is 310 g/mol. The van der Waals surface area contributed by atoms with Crippen LogP contribution in [-0.2, 0) is 6.42 Å². The number of carbonyl (C=O) groups is 1. The van der Waals surface area contributed by atoms with E-state index in [2.05, 4.69) is 20.3 Å². The molecule has 0 aliphatic carbocycles. The Morgan fingerprint density at radius 2 is 2.00 bits per heavy atom. The minimum Gasteiger partial charge on any atom is -0.352 e. The summed E-state index contributed by atoms with van der Waals surface area (Å²) in [5.74, 6) is -0.113. The van der Waals surface area contributed by atoms with Crippen molar-refractivity contribution in [3.63, 3.8) is 0 Å². The molecule has 3 aromatic heterocycles. The van der Waals surface area contributed by atoms with Crippen LogP contribution >= 0.6 is 11.3 Å². The largest absolute Gasteiger partial charge is 0.352 e. The molecule has 0 aliphatic heterocycles. The maximum absolute atomic E-state index is 11.9. The van der Waals surface area contributed by atoms with Crippen molar-refractivity contribution in [1.29, 1.82) is 0 Å². The summed E-state index contributed by atoms with van der Waals surface area (Å²) in [6.07, 6.45) is 7.41.